The van der Waals surface area contributed by atoms with Crippen LogP contribution in [0.1, 0.15) is 25.3 Å². The number of likely N-dealkylation sites (tertiary alicyclic amines) is 1. The Hall–Kier alpha value is -2.23. The minimum Gasteiger partial charge on any atom is -0.481 e. The van der Waals surface area contributed by atoms with Crippen LogP contribution in [-0.4, -0.2) is 49.8 Å². The monoisotopic (exact) mass is 390 g/mol. The number of piperidine rings is 1. The molecule has 2 amide bonds. The normalized spacial score (nSPS) is 20.9. The number of anilines is 1. The zero-order valence-corrected chi connectivity index (χ0v) is 15.1. The number of sulfone groups is 1. The van der Waals surface area contributed by atoms with Gasteiger partial charge in [-0.1, -0.05) is 6.92 Å². The predicted octanol–water partition coefficient (Wildman–Crippen LogP) is 2.60. The van der Waals surface area contributed by atoms with Gasteiger partial charge in [0, 0.05) is 30.6 Å². The molecule has 0 aliphatic carbocycles. The van der Waals surface area contributed by atoms with E-state index in [0.29, 0.717) is 13.0 Å². The fourth-order valence-electron chi connectivity index (χ4n) is 3.03. The smallest absolute Gasteiger partial charge is 0.321 e. The maximum Gasteiger partial charge on any atom is 0.321 e. The summed E-state index contributed by atoms with van der Waals surface area (Å²) in [6, 6.07) is 2.55. The quantitative estimate of drug-likeness (QED) is 0.822. The van der Waals surface area contributed by atoms with Gasteiger partial charge in [0.25, 0.3) is 6.43 Å². The third-order valence-electron chi connectivity index (χ3n) is 4.19. The van der Waals surface area contributed by atoms with E-state index in [2.05, 4.69) is 5.32 Å². The molecule has 0 saturated carbocycles. The Morgan fingerprint density at radius 3 is 2.50 bits per heavy atom. The van der Waals surface area contributed by atoms with Crippen molar-refractivity contribution < 1.29 is 31.9 Å². The van der Waals surface area contributed by atoms with Crippen LogP contribution in [0.15, 0.2) is 23.1 Å². The van der Waals surface area contributed by atoms with Gasteiger partial charge in [-0.3, -0.25) is 4.79 Å². The van der Waals surface area contributed by atoms with Gasteiger partial charge in [-0.25, -0.2) is 22.0 Å². The zero-order valence-electron chi connectivity index (χ0n) is 14.3. The number of rotatable bonds is 4. The number of urea groups is 1. The summed E-state index contributed by atoms with van der Waals surface area (Å²) in [7, 11) is -3.84. The number of hydrogen-bond donors (Lipinski definition) is 2. The van der Waals surface area contributed by atoms with E-state index in [9.17, 15) is 26.8 Å². The molecule has 2 N–H and O–H groups in total. The first-order chi connectivity index (χ1) is 12.0. The fraction of sp³-hybridized carbons (Fsp3) is 0.500. The van der Waals surface area contributed by atoms with Crippen molar-refractivity contribution in [3.63, 3.8) is 0 Å². The number of carboxylic acids is 1. The number of nitrogens with one attached hydrogen (secondary N) is 1. The number of halogens is 2. The summed E-state index contributed by atoms with van der Waals surface area (Å²) in [6.07, 6.45) is -1.74. The maximum atomic E-state index is 13.2. The first kappa shape index (κ1) is 20.1. The van der Waals surface area contributed by atoms with Gasteiger partial charge in [-0.2, -0.15) is 0 Å². The molecule has 1 heterocycles. The molecule has 1 aliphatic heterocycles. The lowest BCUT2D eigenvalue weighted by molar-refractivity contribution is -0.143. The first-order valence-electron chi connectivity index (χ1n) is 7.90. The first-order valence-corrected chi connectivity index (χ1v) is 9.79. The van der Waals surface area contributed by atoms with Gasteiger partial charge >= 0.3 is 12.0 Å². The fourth-order valence-corrected chi connectivity index (χ4v) is 3.92. The Labute approximate surface area is 149 Å². The van der Waals surface area contributed by atoms with Crippen LogP contribution < -0.4 is 5.32 Å². The molecule has 7 nitrogen and oxygen atoms in total. The van der Waals surface area contributed by atoms with Crippen molar-refractivity contribution in [3.8, 4) is 0 Å². The Morgan fingerprint density at radius 2 is 1.96 bits per heavy atom. The van der Waals surface area contributed by atoms with Gasteiger partial charge in [-0.05, 0) is 30.5 Å². The minimum absolute atomic E-state index is 0.0140. The number of benzene rings is 1. The Kier molecular flexibility index (Phi) is 5.84. The van der Waals surface area contributed by atoms with Gasteiger partial charge in [0.15, 0.2) is 9.84 Å². The molecule has 0 spiro atoms. The summed E-state index contributed by atoms with van der Waals surface area (Å²) in [5.74, 6) is -1.69. The summed E-state index contributed by atoms with van der Waals surface area (Å²) in [5, 5.41) is 11.6. The lowest BCUT2D eigenvalue weighted by Crippen LogP contribution is -2.47. The van der Waals surface area contributed by atoms with Crippen molar-refractivity contribution in [2.45, 2.75) is 24.7 Å². The van der Waals surface area contributed by atoms with Crippen molar-refractivity contribution in [3.05, 3.63) is 23.8 Å². The SMILES string of the molecule is CC1CC(C(=O)O)CN(C(=O)Nc2ccc(S(C)(=O)=O)c(C(F)F)c2)C1. The zero-order chi connectivity index (χ0) is 19.6. The molecule has 1 aromatic rings. The summed E-state index contributed by atoms with van der Waals surface area (Å²) < 4.78 is 49.5. The highest BCUT2D eigenvalue weighted by Gasteiger charge is 2.32. The molecule has 1 aromatic carbocycles. The van der Waals surface area contributed by atoms with Gasteiger partial charge in [0.2, 0.25) is 0 Å². The number of alkyl halides is 2. The molecule has 144 valence electrons. The Bertz CT molecular complexity index is 813. The van der Waals surface area contributed by atoms with Crippen molar-refractivity contribution in [1.29, 1.82) is 0 Å². The van der Waals surface area contributed by atoms with Gasteiger partial charge < -0.3 is 15.3 Å². The highest BCUT2D eigenvalue weighted by molar-refractivity contribution is 7.90. The highest BCUT2D eigenvalue weighted by Crippen LogP contribution is 2.30. The average molecular weight is 390 g/mol. The maximum absolute atomic E-state index is 13.2. The summed E-state index contributed by atoms with van der Waals surface area (Å²) in [5.41, 5.74) is -0.677. The number of nitrogens with zero attached hydrogens (tertiary/aromatic N) is 1. The third-order valence-corrected chi connectivity index (χ3v) is 5.36. The van der Waals surface area contributed by atoms with Crippen molar-refractivity contribution >= 4 is 27.5 Å². The van der Waals surface area contributed by atoms with Gasteiger partial charge in [0.05, 0.1) is 10.8 Å². The van der Waals surface area contributed by atoms with Crippen LogP contribution in [0, 0.1) is 11.8 Å². The van der Waals surface area contributed by atoms with E-state index in [-0.39, 0.29) is 18.2 Å². The number of amides is 2. The second-order valence-electron chi connectivity index (χ2n) is 6.54. The molecule has 1 aliphatic rings. The topological polar surface area (TPSA) is 104 Å². The van der Waals surface area contributed by atoms with Crippen molar-refractivity contribution in [1.82, 2.24) is 4.90 Å². The van der Waals surface area contributed by atoms with Crippen LogP contribution >= 0.6 is 0 Å². The van der Waals surface area contributed by atoms with Crippen molar-refractivity contribution in [2.24, 2.45) is 11.8 Å². The second-order valence-corrected chi connectivity index (χ2v) is 8.52. The Morgan fingerprint density at radius 1 is 1.31 bits per heavy atom. The van der Waals surface area contributed by atoms with Crippen molar-refractivity contribution in [2.75, 3.05) is 24.7 Å². The lowest BCUT2D eigenvalue weighted by atomic mass is 9.91. The second kappa shape index (κ2) is 7.56. The van der Waals surface area contributed by atoms with Crippen LogP contribution in [-0.2, 0) is 14.6 Å². The number of carbonyl (C=O) groups is 2. The van der Waals surface area contributed by atoms with Crippen LogP contribution in [0.3, 0.4) is 0 Å². The lowest BCUT2D eigenvalue weighted by Gasteiger charge is -2.34. The molecule has 0 bridgehead atoms. The van der Waals surface area contributed by atoms with Gasteiger partial charge in [-0.15, -0.1) is 0 Å². The average Bonchev–Trinajstić information content (AvgIpc) is 2.53. The summed E-state index contributed by atoms with van der Waals surface area (Å²) >= 11 is 0. The summed E-state index contributed by atoms with van der Waals surface area (Å²) in [4.78, 5) is 24.4. The molecule has 10 heteroatoms. The van der Waals surface area contributed by atoms with E-state index in [1.807, 2.05) is 6.92 Å². The van der Waals surface area contributed by atoms with E-state index < -0.39 is 44.6 Å². The van der Waals surface area contributed by atoms with Crippen LogP contribution in [0.5, 0.6) is 0 Å². The molecule has 2 atom stereocenters. The standard InChI is InChI=1S/C16H20F2N2O5S/c1-9-5-10(15(21)22)8-20(7-9)16(23)19-11-3-4-13(26(2,24)25)12(6-11)14(17)18/h3-4,6,9-10,14H,5,7-8H2,1-2H3,(H,19,23)(H,21,22). The highest BCUT2D eigenvalue weighted by atomic mass is 32.2. The molecule has 2 unspecified atom stereocenters. The van der Waals surface area contributed by atoms with Crippen LogP contribution in [0.2, 0.25) is 0 Å². The van der Waals surface area contributed by atoms with E-state index >= 15 is 0 Å². The van der Waals surface area contributed by atoms with Crippen LogP contribution in [0.25, 0.3) is 0 Å². The molecule has 26 heavy (non-hydrogen) atoms. The minimum atomic E-state index is -3.84. The van der Waals surface area contributed by atoms with E-state index in [1.54, 1.807) is 0 Å². The summed E-state index contributed by atoms with van der Waals surface area (Å²) in [6.45, 7) is 2.19. The Balaban J connectivity index is 2.21. The number of hydrogen-bond acceptors (Lipinski definition) is 4. The number of aliphatic carboxylic acids is 1. The van der Waals surface area contributed by atoms with E-state index in [1.165, 1.54) is 11.0 Å². The predicted molar refractivity (Wildman–Crippen MR) is 90.0 cm³/mol. The van der Waals surface area contributed by atoms with E-state index in [4.69, 9.17) is 5.11 Å². The largest absolute Gasteiger partial charge is 0.481 e. The van der Waals surface area contributed by atoms with Crippen LogP contribution in [0.4, 0.5) is 19.3 Å². The number of carboxylic acid groups (broad SMARTS) is 1. The molecule has 2 rings (SSSR count). The molecule has 1 saturated heterocycles. The molecular formula is C16H20F2N2O5S. The molecule has 0 aromatic heterocycles. The number of carbonyl (C=O) groups excluding carboxylic acids is 1. The van der Waals surface area contributed by atoms with E-state index in [0.717, 1.165) is 18.4 Å². The molecular weight excluding hydrogens is 370 g/mol. The molecule has 0 radical (unpaired) electrons. The molecule has 1 fully saturated rings. The van der Waals surface area contributed by atoms with Gasteiger partial charge in [0.1, 0.15) is 0 Å². The third kappa shape index (κ3) is 4.69.